The summed E-state index contributed by atoms with van der Waals surface area (Å²) in [7, 11) is -2.32. The predicted octanol–water partition coefficient (Wildman–Crippen LogP) is 3.38. The van der Waals surface area contributed by atoms with Gasteiger partial charge in [-0.2, -0.15) is 9.46 Å². The van der Waals surface area contributed by atoms with Crippen molar-refractivity contribution >= 4 is 32.1 Å². The van der Waals surface area contributed by atoms with Gasteiger partial charge in [0.15, 0.2) is 0 Å². The van der Waals surface area contributed by atoms with Crippen molar-refractivity contribution in [2.75, 3.05) is 36.2 Å². The molecule has 0 unspecified atom stereocenters. The van der Waals surface area contributed by atoms with Crippen molar-refractivity contribution in [2.45, 2.75) is 26.8 Å². The smallest absolute Gasteiger partial charge is 0.131 e. The van der Waals surface area contributed by atoms with Crippen molar-refractivity contribution in [2.24, 2.45) is 4.36 Å². The monoisotopic (exact) mass is 414 g/mol. The third kappa shape index (κ3) is 3.84. The molecule has 3 aromatic heterocycles. The van der Waals surface area contributed by atoms with Gasteiger partial charge < -0.3 is 9.64 Å². The highest BCUT2D eigenvalue weighted by Gasteiger charge is 2.23. The standard InChI is InChI=1S/C20H26N6O2S/c1-4-29(27,5-2)25-17-12-18(26-10-11-28-13-14(26)3)23-19-15(17)6-8-21-20(19)16-7-9-22-24-16/h6-9,12,14H,4-5,10-11,13H2,1-3H3,(H,22,24)/t14-/m1/s1. The number of nitrogens with zero attached hydrogens (tertiary/aromatic N) is 5. The summed E-state index contributed by atoms with van der Waals surface area (Å²) >= 11 is 0. The Balaban J connectivity index is 2.00. The van der Waals surface area contributed by atoms with Gasteiger partial charge in [0.25, 0.3) is 0 Å². The third-order valence-corrected chi connectivity index (χ3v) is 7.61. The van der Waals surface area contributed by atoms with Crippen LogP contribution >= 0.6 is 0 Å². The van der Waals surface area contributed by atoms with Crippen LogP contribution in [-0.4, -0.2) is 61.7 Å². The zero-order chi connectivity index (χ0) is 20.4. The molecule has 9 heteroatoms. The molecule has 1 N–H and O–H groups in total. The molecule has 1 aliphatic heterocycles. The first kappa shape index (κ1) is 19.8. The number of rotatable bonds is 5. The summed E-state index contributed by atoms with van der Waals surface area (Å²) in [6.07, 6.45) is 3.42. The minimum absolute atomic E-state index is 0.190. The lowest BCUT2D eigenvalue weighted by Crippen LogP contribution is -2.44. The molecule has 29 heavy (non-hydrogen) atoms. The average molecular weight is 415 g/mol. The lowest BCUT2D eigenvalue weighted by molar-refractivity contribution is 0.0986. The van der Waals surface area contributed by atoms with Crippen LogP contribution in [0.1, 0.15) is 20.8 Å². The van der Waals surface area contributed by atoms with Crippen molar-refractivity contribution in [3.8, 4) is 11.4 Å². The van der Waals surface area contributed by atoms with Crippen LogP contribution in [0.2, 0.25) is 0 Å². The second-order valence-electron chi connectivity index (χ2n) is 7.08. The maximum absolute atomic E-state index is 13.1. The van der Waals surface area contributed by atoms with E-state index in [0.717, 1.165) is 29.0 Å². The van der Waals surface area contributed by atoms with E-state index < -0.39 is 9.73 Å². The molecular weight excluding hydrogens is 388 g/mol. The zero-order valence-electron chi connectivity index (χ0n) is 17.0. The molecule has 0 bridgehead atoms. The van der Waals surface area contributed by atoms with E-state index in [0.29, 0.717) is 36.1 Å². The van der Waals surface area contributed by atoms with Gasteiger partial charge in [-0.05, 0) is 19.1 Å². The van der Waals surface area contributed by atoms with Gasteiger partial charge in [-0.1, -0.05) is 13.8 Å². The van der Waals surface area contributed by atoms with Crippen LogP contribution in [0, 0.1) is 0 Å². The normalized spacial score (nSPS) is 17.6. The van der Waals surface area contributed by atoms with E-state index in [1.54, 1.807) is 12.4 Å². The van der Waals surface area contributed by atoms with Crippen molar-refractivity contribution in [3.05, 3.63) is 30.6 Å². The second kappa shape index (κ2) is 8.08. The number of anilines is 1. The Morgan fingerprint density at radius 3 is 2.83 bits per heavy atom. The van der Waals surface area contributed by atoms with Gasteiger partial charge in [0.1, 0.15) is 17.0 Å². The SMILES string of the molecule is CCS(=O)(CC)=Nc1cc(N2CCOC[C@H]2C)nc2c(-c3ccn[nH]3)nccc12. The summed E-state index contributed by atoms with van der Waals surface area (Å²) in [6.45, 7) is 7.99. The lowest BCUT2D eigenvalue weighted by atomic mass is 10.1. The van der Waals surface area contributed by atoms with E-state index in [4.69, 9.17) is 14.1 Å². The number of fused-ring (bicyclic) bond motifs is 1. The fourth-order valence-electron chi connectivity index (χ4n) is 3.51. The van der Waals surface area contributed by atoms with Gasteiger partial charge in [0.05, 0.1) is 40.4 Å². The highest BCUT2D eigenvalue weighted by Crippen LogP contribution is 2.35. The Morgan fingerprint density at radius 1 is 1.31 bits per heavy atom. The molecule has 8 nitrogen and oxygen atoms in total. The number of aromatic amines is 1. The second-order valence-corrected chi connectivity index (χ2v) is 9.97. The molecule has 0 saturated carbocycles. The van der Waals surface area contributed by atoms with Gasteiger partial charge in [-0.25, -0.2) is 9.19 Å². The zero-order valence-corrected chi connectivity index (χ0v) is 17.8. The lowest BCUT2D eigenvalue weighted by Gasteiger charge is -2.34. The summed E-state index contributed by atoms with van der Waals surface area (Å²) < 4.78 is 23.5. The van der Waals surface area contributed by atoms with Crippen molar-refractivity contribution in [1.29, 1.82) is 0 Å². The van der Waals surface area contributed by atoms with E-state index >= 15 is 0 Å². The molecule has 1 aliphatic rings. The van der Waals surface area contributed by atoms with Crippen LogP contribution in [0.3, 0.4) is 0 Å². The first-order valence-corrected chi connectivity index (χ1v) is 11.8. The van der Waals surface area contributed by atoms with Crippen LogP contribution in [0.5, 0.6) is 0 Å². The van der Waals surface area contributed by atoms with Gasteiger partial charge in [-0.15, -0.1) is 0 Å². The molecule has 0 amide bonds. The van der Waals surface area contributed by atoms with Crippen molar-refractivity contribution in [1.82, 2.24) is 20.2 Å². The highest BCUT2D eigenvalue weighted by atomic mass is 32.2. The Bertz CT molecular complexity index is 1110. The molecule has 3 aromatic rings. The van der Waals surface area contributed by atoms with E-state index in [-0.39, 0.29) is 6.04 Å². The van der Waals surface area contributed by atoms with Crippen LogP contribution in [0.15, 0.2) is 35.0 Å². The summed E-state index contributed by atoms with van der Waals surface area (Å²) in [5.74, 6) is 1.82. The first-order chi connectivity index (χ1) is 14.0. The third-order valence-electron chi connectivity index (χ3n) is 5.28. The summed E-state index contributed by atoms with van der Waals surface area (Å²) in [6, 6.07) is 5.89. The van der Waals surface area contributed by atoms with Crippen LogP contribution < -0.4 is 4.90 Å². The minimum Gasteiger partial charge on any atom is -0.377 e. The van der Waals surface area contributed by atoms with Crippen molar-refractivity contribution < 1.29 is 8.95 Å². The molecule has 0 spiro atoms. The van der Waals surface area contributed by atoms with Crippen LogP contribution in [0.25, 0.3) is 22.3 Å². The number of nitrogens with one attached hydrogen (secondary N) is 1. The Morgan fingerprint density at radius 2 is 2.14 bits per heavy atom. The predicted molar refractivity (Wildman–Crippen MR) is 116 cm³/mol. The maximum Gasteiger partial charge on any atom is 0.131 e. The van der Waals surface area contributed by atoms with E-state index in [1.165, 1.54) is 0 Å². The summed E-state index contributed by atoms with van der Waals surface area (Å²) in [5, 5.41) is 7.86. The molecule has 4 heterocycles. The van der Waals surface area contributed by atoms with Crippen molar-refractivity contribution in [3.63, 3.8) is 0 Å². The van der Waals surface area contributed by atoms with E-state index in [9.17, 15) is 4.21 Å². The highest BCUT2D eigenvalue weighted by molar-refractivity contribution is 7.93. The van der Waals surface area contributed by atoms with E-state index in [2.05, 4.69) is 27.0 Å². The topological polar surface area (TPSA) is 96.4 Å². The average Bonchev–Trinajstić information content (AvgIpc) is 3.28. The molecular formula is C20H26N6O2S. The number of aromatic nitrogens is 4. The van der Waals surface area contributed by atoms with Gasteiger partial charge >= 0.3 is 0 Å². The maximum atomic E-state index is 13.1. The molecule has 154 valence electrons. The Kier molecular flexibility index (Phi) is 5.51. The molecule has 0 aliphatic carbocycles. The summed E-state index contributed by atoms with van der Waals surface area (Å²) in [4.78, 5) is 11.7. The molecule has 1 atom stereocenters. The fourth-order valence-corrected chi connectivity index (χ4v) is 4.68. The first-order valence-electron chi connectivity index (χ1n) is 9.91. The minimum atomic E-state index is -2.32. The number of hydrogen-bond donors (Lipinski definition) is 1. The molecule has 4 rings (SSSR count). The number of ether oxygens (including phenoxy) is 1. The van der Waals surface area contributed by atoms with Crippen LogP contribution in [0.4, 0.5) is 11.5 Å². The molecule has 1 fully saturated rings. The number of hydrogen-bond acceptors (Lipinski definition) is 7. The van der Waals surface area contributed by atoms with Gasteiger partial charge in [-0.3, -0.25) is 10.1 Å². The largest absolute Gasteiger partial charge is 0.377 e. The number of pyridine rings is 2. The Hall–Kier alpha value is -2.52. The number of morpholine rings is 1. The van der Waals surface area contributed by atoms with Gasteiger partial charge in [0.2, 0.25) is 0 Å². The molecule has 0 radical (unpaired) electrons. The van der Waals surface area contributed by atoms with Crippen LogP contribution in [-0.2, 0) is 14.5 Å². The quantitative estimate of drug-likeness (QED) is 0.687. The summed E-state index contributed by atoms with van der Waals surface area (Å²) in [5.41, 5.74) is 2.91. The van der Waals surface area contributed by atoms with Gasteiger partial charge in [0, 0.05) is 41.9 Å². The Labute approximate surface area is 170 Å². The van der Waals surface area contributed by atoms with E-state index in [1.807, 2.05) is 32.0 Å². The number of H-pyrrole nitrogens is 1. The molecule has 1 saturated heterocycles. The molecule has 0 aromatic carbocycles. The fraction of sp³-hybridized carbons (Fsp3) is 0.450.